The number of hydrogen-bond acceptors (Lipinski definition) is 3. The van der Waals surface area contributed by atoms with E-state index in [0.29, 0.717) is 6.42 Å². The van der Waals surface area contributed by atoms with Crippen LogP contribution >= 0.6 is 0 Å². The van der Waals surface area contributed by atoms with Crippen molar-refractivity contribution >= 4 is 0 Å². The molecule has 4 nitrogen and oxygen atoms in total. The summed E-state index contributed by atoms with van der Waals surface area (Å²) >= 11 is 0. The summed E-state index contributed by atoms with van der Waals surface area (Å²) in [5.74, 6) is 1.64. The Bertz CT molecular complexity index is 579. The van der Waals surface area contributed by atoms with Crippen molar-refractivity contribution in [1.82, 2.24) is 20.1 Å². The summed E-state index contributed by atoms with van der Waals surface area (Å²) in [5.41, 5.74) is 0.764. The highest BCUT2D eigenvalue weighted by atomic mass is 19.1. The van der Waals surface area contributed by atoms with Gasteiger partial charge in [0.15, 0.2) is 0 Å². The van der Waals surface area contributed by atoms with Gasteiger partial charge in [0.25, 0.3) is 0 Å². The van der Waals surface area contributed by atoms with Crippen molar-refractivity contribution in [2.75, 3.05) is 6.54 Å². The Kier molecular flexibility index (Phi) is 5.44. The van der Waals surface area contributed by atoms with Gasteiger partial charge in [-0.2, -0.15) is 5.10 Å². The standard InChI is InChI=1S/C16H23FN4/c1-12(11-15-7-4-5-8-16(15)17)18-9-6-10-21-14(3)19-13(2)20-21/h4-5,7-8,12,18H,6,9-11H2,1-3H3/t12-/m1/s1. The van der Waals surface area contributed by atoms with Gasteiger partial charge in [-0.3, -0.25) is 4.68 Å². The Balaban J connectivity index is 1.71. The third-order valence-corrected chi connectivity index (χ3v) is 3.49. The van der Waals surface area contributed by atoms with E-state index >= 15 is 0 Å². The molecule has 0 amide bonds. The van der Waals surface area contributed by atoms with Crippen LogP contribution in [0.2, 0.25) is 0 Å². The number of aromatic nitrogens is 3. The molecular weight excluding hydrogens is 267 g/mol. The van der Waals surface area contributed by atoms with E-state index in [2.05, 4.69) is 22.3 Å². The van der Waals surface area contributed by atoms with E-state index in [9.17, 15) is 4.39 Å². The van der Waals surface area contributed by atoms with Crippen molar-refractivity contribution in [3.05, 3.63) is 47.3 Å². The van der Waals surface area contributed by atoms with Gasteiger partial charge < -0.3 is 5.32 Å². The molecule has 0 radical (unpaired) electrons. The van der Waals surface area contributed by atoms with Gasteiger partial charge in [-0.05, 0) is 51.8 Å². The van der Waals surface area contributed by atoms with Crippen molar-refractivity contribution in [2.24, 2.45) is 0 Å². The van der Waals surface area contributed by atoms with Crippen LogP contribution in [-0.4, -0.2) is 27.4 Å². The molecule has 0 aliphatic heterocycles. The molecule has 0 fully saturated rings. The molecule has 21 heavy (non-hydrogen) atoms. The van der Waals surface area contributed by atoms with E-state index in [1.807, 2.05) is 30.7 Å². The summed E-state index contributed by atoms with van der Waals surface area (Å²) in [5, 5.41) is 7.76. The van der Waals surface area contributed by atoms with Crippen LogP contribution in [0.4, 0.5) is 4.39 Å². The van der Waals surface area contributed by atoms with Gasteiger partial charge in [-0.25, -0.2) is 9.37 Å². The highest BCUT2D eigenvalue weighted by Gasteiger charge is 2.07. The number of hydrogen-bond donors (Lipinski definition) is 1. The first-order valence-corrected chi connectivity index (χ1v) is 7.41. The van der Waals surface area contributed by atoms with Crippen LogP contribution in [0, 0.1) is 19.7 Å². The SMILES string of the molecule is Cc1nc(C)n(CCCN[C@H](C)Cc2ccccc2F)n1. The van der Waals surface area contributed by atoms with Gasteiger partial charge in [0.2, 0.25) is 0 Å². The maximum atomic E-state index is 13.6. The molecule has 0 unspecified atom stereocenters. The van der Waals surface area contributed by atoms with Gasteiger partial charge in [-0.1, -0.05) is 18.2 Å². The van der Waals surface area contributed by atoms with Crippen LogP contribution in [0.5, 0.6) is 0 Å². The summed E-state index contributed by atoms with van der Waals surface area (Å²) in [6.07, 6.45) is 1.68. The Morgan fingerprint density at radius 1 is 1.29 bits per heavy atom. The van der Waals surface area contributed by atoms with E-state index in [1.54, 1.807) is 6.07 Å². The zero-order valence-electron chi connectivity index (χ0n) is 12.9. The quantitative estimate of drug-likeness (QED) is 0.797. The van der Waals surface area contributed by atoms with E-state index in [-0.39, 0.29) is 11.9 Å². The molecule has 1 aromatic carbocycles. The van der Waals surface area contributed by atoms with E-state index in [0.717, 1.165) is 36.7 Å². The van der Waals surface area contributed by atoms with Crippen LogP contribution in [0.1, 0.15) is 30.6 Å². The summed E-state index contributed by atoms with van der Waals surface area (Å²) in [6.45, 7) is 7.68. The summed E-state index contributed by atoms with van der Waals surface area (Å²) in [4.78, 5) is 4.28. The van der Waals surface area contributed by atoms with Crippen LogP contribution in [0.15, 0.2) is 24.3 Å². The Morgan fingerprint density at radius 3 is 2.71 bits per heavy atom. The van der Waals surface area contributed by atoms with Gasteiger partial charge in [-0.15, -0.1) is 0 Å². The fourth-order valence-electron chi connectivity index (χ4n) is 2.42. The molecule has 2 rings (SSSR count). The minimum absolute atomic E-state index is 0.125. The molecule has 1 atom stereocenters. The number of rotatable bonds is 7. The topological polar surface area (TPSA) is 42.7 Å². The third kappa shape index (κ3) is 4.63. The first-order valence-electron chi connectivity index (χ1n) is 7.41. The highest BCUT2D eigenvalue weighted by Crippen LogP contribution is 2.09. The van der Waals surface area contributed by atoms with E-state index in [1.165, 1.54) is 6.07 Å². The normalized spacial score (nSPS) is 12.6. The number of benzene rings is 1. The largest absolute Gasteiger partial charge is 0.314 e. The molecule has 0 saturated heterocycles. The molecule has 0 bridgehead atoms. The Hall–Kier alpha value is -1.75. The van der Waals surface area contributed by atoms with Crippen LogP contribution in [0.3, 0.4) is 0 Å². The minimum Gasteiger partial charge on any atom is -0.314 e. The molecule has 0 saturated carbocycles. The van der Waals surface area contributed by atoms with E-state index < -0.39 is 0 Å². The minimum atomic E-state index is -0.125. The predicted molar refractivity (Wildman–Crippen MR) is 81.7 cm³/mol. The van der Waals surface area contributed by atoms with Gasteiger partial charge in [0.05, 0.1) is 0 Å². The lowest BCUT2D eigenvalue weighted by Gasteiger charge is -2.14. The average molecular weight is 290 g/mol. The first-order chi connectivity index (χ1) is 10.1. The second-order valence-electron chi connectivity index (χ2n) is 5.43. The monoisotopic (exact) mass is 290 g/mol. The molecule has 1 N–H and O–H groups in total. The van der Waals surface area contributed by atoms with Crippen molar-refractivity contribution in [3.63, 3.8) is 0 Å². The Labute approximate surface area is 125 Å². The van der Waals surface area contributed by atoms with Crippen molar-refractivity contribution < 1.29 is 4.39 Å². The number of nitrogens with zero attached hydrogens (tertiary/aromatic N) is 3. The van der Waals surface area contributed by atoms with Gasteiger partial charge >= 0.3 is 0 Å². The van der Waals surface area contributed by atoms with Crippen molar-refractivity contribution in [3.8, 4) is 0 Å². The molecule has 1 heterocycles. The third-order valence-electron chi connectivity index (χ3n) is 3.49. The zero-order valence-corrected chi connectivity index (χ0v) is 12.9. The second-order valence-corrected chi connectivity index (χ2v) is 5.43. The summed E-state index contributed by atoms with van der Waals surface area (Å²) < 4.78 is 15.5. The number of aryl methyl sites for hydroxylation is 3. The highest BCUT2D eigenvalue weighted by molar-refractivity contribution is 5.18. The van der Waals surface area contributed by atoms with Crippen molar-refractivity contribution in [1.29, 1.82) is 0 Å². The molecule has 5 heteroatoms. The van der Waals surface area contributed by atoms with Crippen LogP contribution in [-0.2, 0) is 13.0 Å². The Morgan fingerprint density at radius 2 is 2.05 bits per heavy atom. The van der Waals surface area contributed by atoms with Gasteiger partial charge in [0, 0.05) is 12.6 Å². The lowest BCUT2D eigenvalue weighted by Crippen LogP contribution is -2.30. The molecule has 0 spiro atoms. The lowest BCUT2D eigenvalue weighted by molar-refractivity contribution is 0.483. The summed E-state index contributed by atoms with van der Waals surface area (Å²) in [6, 6.07) is 7.20. The molecule has 2 aromatic rings. The number of halogens is 1. The molecule has 0 aliphatic carbocycles. The zero-order chi connectivity index (χ0) is 15.2. The van der Waals surface area contributed by atoms with Crippen LogP contribution in [0.25, 0.3) is 0 Å². The number of nitrogens with one attached hydrogen (secondary N) is 1. The fraction of sp³-hybridized carbons (Fsp3) is 0.500. The molecule has 114 valence electrons. The maximum absolute atomic E-state index is 13.6. The smallest absolute Gasteiger partial charge is 0.147 e. The second kappa shape index (κ2) is 7.31. The van der Waals surface area contributed by atoms with Crippen molar-refractivity contribution in [2.45, 2.75) is 46.2 Å². The molecule has 1 aromatic heterocycles. The average Bonchev–Trinajstić information content (AvgIpc) is 2.76. The predicted octanol–water partition coefficient (Wildman–Crippen LogP) is 2.64. The van der Waals surface area contributed by atoms with Crippen LogP contribution < -0.4 is 5.32 Å². The summed E-state index contributed by atoms with van der Waals surface area (Å²) in [7, 11) is 0. The van der Waals surface area contributed by atoms with E-state index in [4.69, 9.17) is 0 Å². The molecular formula is C16H23FN4. The first kappa shape index (κ1) is 15.6. The lowest BCUT2D eigenvalue weighted by atomic mass is 10.1. The van der Waals surface area contributed by atoms with Gasteiger partial charge in [0.1, 0.15) is 17.5 Å². The molecule has 0 aliphatic rings. The fourth-order valence-corrected chi connectivity index (χ4v) is 2.42. The maximum Gasteiger partial charge on any atom is 0.147 e.